The van der Waals surface area contributed by atoms with Crippen molar-refractivity contribution in [1.29, 1.82) is 0 Å². The Morgan fingerprint density at radius 2 is 0.915 bits per heavy atom. The van der Waals surface area contributed by atoms with E-state index in [1.54, 1.807) is 0 Å². The van der Waals surface area contributed by atoms with Gasteiger partial charge in [0, 0.05) is 12.8 Å². The number of phosphoric acid groups is 1. The quantitative estimate of drug-likeness (QED) is 0.0205. The maximum absolute atomic E-state index is 13.4. The Morgan fingerprint density at radius 1 is 0.507 bits per heavy atom. The van der Waals surface area contributed by atoms with Crippen LogP contribution in [-0.4, -0.2) is 74.3 Å². The highest BCUT2D eigenvalue weighted by Crippen LogP contribution is 2.43. The fourth-order valence-electron chi connectivity index (χ4n) is 7.57. The Hall–Kier alpha value is -3.07. The van der Waals surface area contributed by atoms with Crippen molar-refractivity contribution in [2.75, 3.05) is 40.9 Å². The zero-order valence-corrected chi connectivity index (χ0v) is 47.3. The molecule has 0 aliphatic heterocycles. The number of rotatable bonds is 50. The third kappa shape index (κ3) is 51.6. The Labute approximate surface area is 437 Å². The van der Waals surface area contributed by atoms with Gasteiger partial charge in [-0.1, -0.05) is 208 Å². The molecule has 0 bridgehead atoms. The van der Waals surface area contributed by atoms with E-state index in [2.05, 4.69) is 111 Å². The monoisotopic (exact) mass is 1010 g/mol. The first-order valence-corrected chi connectivity index (χ1v) is 30.1. The number of phosphoric ester groups is 1. The van der Waals surface area contributed by atoms with Crippen LogP contribution in [0.15, 0.2) is 97.2 Å². The van der Waals surface area contributed by atoms with Gasteiger partial charge in [0.1, 0.15) is 19.3 Å². The molecule has 0 aromatic rings. The molecule has 408 valence electrons. The lowest BCUT2D eigenvalue weighted by Crippen LogP contribution is -2.47. The predicted molar refractivity (Wildman–Crippen MR) is 304 cm³/mol. The SMILES string of the molecule is CC/C=C\C/C=C\C/C=C\C/C=C\C/C=C\C/C=C\CCCCC(=O)OC(/C=C\CCCCCCCCCCCCC)C(COP(=O)(O)OCC[N+](C)(C)C)NC(=O)CCCCCCC/C=C\CCCC. The van der Waals surface area contributed by atoms with Crippen molar-refractivity contribution in [2.45, 2.75) is 238 Å². The number of amides is 1. The largest absolute Gasteiger partial charge is 0.472 e. The Kier molecular flexibility index (Phi) is 48.3. The number of nitrogens with zero attached hydrogens (tertiary/aromatic N) is 1. The van der Waals surface area contributed by atoms with Gasteiger partial charge in [0.15, 0.2) is 0 Å². The van der Waals surface area contributed by atoms with E-state index in [0.717, 1.165) is 116 Å². The molecule has 10 heteroatoms. The molecule has 71 heavy (non-hydrogen) atoms. The van der Waals surface area contributed by atoms with Crippen molar-refractivity contribution >= 4 is 19.7 Å². The van der Waals surface area contributed by atoms with Crippen LogP contribution in [0.4, 0.5) is 0 Å². The highest BCUT2D eigenvalue weighted by Gasteiger charge is 2.30. The molecule has 0 heterocycles. The van der Waals surface area contributed by atoms with E-state index in [9.17, 15) is 19.0 Å². The molecule has 3 atom stereocenters. The van der Waals surface area contributed by atoms with Gasteiger partial charge >= 0.3 is 13.8 Å². The van der Waals surface area contributed by atoms with Crippen molar-refractivity contribution < 1.29 is 37.3 Å². The van der Waals surface area contributed by atoms with Crippen molar-refractivity contribution in [3.05, 3.63) is 97.2 Å². The number of carbonyl (C=O) groups excluding carboxylic acids is 2. The third-order valence-electron chi connectivity index (χ3n) is 12.0. The third-order valence-corrected chi connectivity index (χ3v) is 13.0. The van der Waals surface area contributed by atoms with Crippen LogP contribution in [0.1, 0.15) is 226 Å². The highest BCUT2D eigenvalue weighted by atomic mass is 31.2. The molecule has 0 saturated carbocycles. The standard InChI is InChI=1S/C61H107N2O7P/c1-7-10-13-16-19-22-25-27-28-29-30-31-32-33-34-36-39-42-45-48-51-54-61(65)70-59(52-49-46-43-40-38-35-26-23-20-17-14-11-8-2)58(57-69-71(66,67)68-56-55-63(4,5)6)62-60(64)53-50-47-44-41-37-24-21-18-15-12-9-3/h10,13,18-19,21-22,27-28,30-31,33-34,39,42,49,52,58-59H,7-9,11-12,14-17,20,23-26,29,32,35-38,40-41,43-48,50-51,53-57H2,1-6H3,(H-,62,64,66,67)/p+1/b13-10-,21-18-,22-19-,28-27-,31-30-,34-33-,42-39-,52-49-. The second-order valence-electron chi connectivity index (χ2n) is 20.1. The van der Waals surface area contributed by atoms with E-state index in [1.165, 1.54) is 70.6 Å². The summed E-state index contributed by atoms with van der Waals surface area (Å²) in [6.07, 6.45) is 66.9. The minimum atomic E-state index is -4.46. The van der Waals surface area contributed by atoms with E-state index >= 15 is 0 Å². The molecule has 0 radical (unpaired) electrons. The topological polar surface area (TPSA) is 111 Å². The molecule has 9 nitrogen and oxygen atoms in total. The second-order valence-corrected chi connectivity index (χ2v) is 21.5. The molecule has 0 aromatic heterocycles. The minimum absolute atomic E-state index is 0.0271. The van der Waals surface area contributed by atoms with Crippen molar-refractivity contribution in [3.63, 3.8) is 0 Å². The normalized spacial score (nSPS) is 14.5. The number of carbonyl (C=O) groups is 2. The number of nitrogens with one attached hydrogen (secondary N) is 1. The maximum Gasteiger partial charge on any atom is 0.472 e. The first kappa shape index (κ1) is 67.9. The number of esters is 1. The van der Waals surface area contributed by atoms with Gasteiger partial charge < -0.3 is 19.4 Å². The Morgan fingerprint density at radius 3 is 1.42 bits per heavy atom. The number of quaternary nitrogens is 1. The average molecular weight is 1010 g/mol. The van der Waals surface area contributed by atoms with E-state index in [0.29, 0.717) is 23.9 Å². The summed E-state index contributed by atoms with van der Waals surface area (Å²) in [4.78, 5) is 37.5. The molecule has 0 spiro atoms. The van der Waals surface area contributed by atoms with Crippen LogP contribution in [0.5, 0.6) is 0 Å². The lowest BCUT2D eigenvalue weighted by atomic mass is 10.0. The molecule has 0 aromatic carbocycles. The smallest absolute Gasteiger partial charge is 0.456 e. The predicted octanol–water partition coefficient (Wildman–Crippen LogP) is 17.2. The number of hydrogen-bond acceptors (Lipinski definition) is 6. The first-order valence-electron chi connectivity index (χ1n) is 28.6. The van der Waals surface area contributed by atoms with Crippen LogP contribution in [0.2, 0.25) is 0 Å². The van der Waals surface area contributed by atoms with Crippen LogP contribution in [0, 0.1) is 0 Å². The Balaban J connectivity index is 5.41. The summed E-state index contributed by atoms with van der Waals surface area (Å²) in [6.45, 7) is 6.80. The van der Waals surface area contributed by atoms with Crippen molar-refractivity contribution in [3.8, 4) is 0 Å². The number of ether oxygens (including phenoxy) is 1. The summed E-state index contributed by atoms with van der Waals surface area (Å²) in [5.74, 6) is -0.574. The molecular weight excluding hydrogens is 904 g/mol. The number of unbranched alkanes of at least 4 members (excludes halogenated alkanes) is 20. The summed E-state index contributed by atoms with van der Waals surface area (Å²) < 4.78 is 30.5. The lowest BCUT2D eigenvalue weighted by Gasteiger charge is -2.27. The van der Waals surface area contributed by atoms with Crippen LogP contribution >= 0.6 is 7.82 Å². The summed E-state index contributed by atoms with van der Waals surface area (Å²) in [5.41, 5.74) is 0. The molecule has 0 aliphatic carbocycles. The van der Waals surface area contributed by atoms with Crippen molar-refractivity contribution in [1.82, 2.24) is 5.32 Å². The van der Waals surface area contributed by atoms with Gasteiger partial charge in [-0.2, -0.15) is 0 Å². The molecule has 1 amide bonds. The summed E-state index contributed by atoms with van der Waals surface area (Å²) >= 11 is 0. The van der Waals surface area contributed by atoms with Crippen LogP contribution in [-0.2, 0) is 27.9 Å². The van der Waals surface area contributed by atoms with Gasteiger partial charge in [0.2, 0.25) is 5.91 Å². The fourth-order valence-corrected chi connectivity index (χ4v) is 8.31. The van der Waals surface area contributed by atoms with E-state index < -0.39 is 20.0 Å². The Bertz CT molecular complexity index is 1540. The molecular formula is C61H108N2O7P+. The fraction of sp³-hybridized carbons (Fsp3) is 0.705. The number of allylic oxidation sites excluding steroid dienone is 15. The molecule has 0 saturated heterocycles. The van der Waals surface area contributed by atoms with Gasteiger partial charge in [-0.05, 0) is 102 Å². The van der Waals surface area contributed by atoms with E-state index in [-0.39, 0.29) is 31.5 Å². The van der Waals surface area contributed by atoms with Crippen LogP contribution < -0.4 is 5.32 Å². The van der Waals surface area contributed by atoms with E-state index in [4.69, 9.17) is 13.8 Å². The van der Waals surface area contributed by atoms with Gasteiger partial charge in [0.05, 0.1) is 33.8 Å². The minimum Gasteiger partial charge on any atom is -0.456 e. The first-order chi connectivity index (χ1) is 34.4. The molecule has 0 rings (SSSR count). The molecule has 0 fully saturated rings. The van der Waals surface area contributed by atoms with Gasteiger partial charge in [-0.15, -0.1) is 0 Å². The molecule has 0 aliphatic rings. The van der Waals surface area contributed by atoms with Gasteiger partial charge in [0.25, 0.3) is 0 Å². The lowest BCUT2D eigenvalue weighted by molar-refractivity contribution is -0.870. The van der Waals surface area contributed by atoms with Crippen LogP contribution in [0.25, 0.3) is 0 Å². The maximum atomic E-state index is 13.4. The van der Waals surface area contributed by atoms with E-state index in [1.807, 2.05) is 33.3 Å². The molecule has 2 N–H and O–H groups in total. The van der Waals surface area contributed by atoms with Gasteiger partial charge in [-0.3, -0.25) is 18.6 Å². The number of likely N-dealkylation sites (N-methyl/N-ethyl adjacent to an activating group) is 1. The summed E-state index contributed by atoms with van der Waals surface area (Å²) in [5, 5.41) is 3.02. The number of hydrogen-bond donors (Lipinski definition) is 2. The zero-order valence-electron chi connectivity index (χ0n) is 46.4. The van der Waals surface area contributed by atoms with Crippen molar-refractivity contribution in [2.24, 2.45) is 0 Å². The van der Waals surface area contributed by atoms with Gasteiger partial charge in [-0.25, -0.2) is 4.57 Å². The zero-order chi connectivity index (χ0) is 52.2. The summed E-state index contributed by atoms with van der Waals surface area (Å²) in [7, 11) is 1.45. The highest BCUT2D eigenvalue weighted by molar-refractivity contribution is 7.47. The average Bonchev–Trinajstić information content (AvgIpc) is 3.33. The molecule has 3 unspecified atom stereocenters. The second kappa shape index (κ2) is 50.5. The summed E-state index contributed by atoms with van der Waals surface area (Å²) in [6, 6.07) is -0.874. The van der Waals surface area contributed by atoms with Crippen LogP contribution in [0.3, 0.4) is 0 Å².